The highest BCUT2D eigenvalue weighted by atomic mass is 35.5. The molecule has 3 aromatic heterocycles. The van der Waals surface area contributed by atoms with Gasteiger partial charge in [0.1, 0.15) is 6.04 Å². The van der Waals surface area contributed by atoms with Gasteiger partial charge in [-0.3, -0.25) is 19.1 Å². The summed E-state index contributed by atoms with van der Waals surface area (Å²) >= 11 is 6.40. The number of carbonyl (C=O) groups excluding carboxylic acids is 1. The number of hydrogen-bond donors (Lipinski definition) is 3. The van der Waals surface area contributed by atoms with Gasteiger partial charge in [0, 0.05) is 35.5 Å². The Bertz CT molecular complexity index is 1160. The second-order valence-electron chi connectivity index (χ2n) is 8.79. The quantitative estimate of drug-likeness (QED) is 0.528. The fraction of sp³-hybridized carbons (Fsp3) is 0.478. The number of nitrogens with zero attached hydrogens (tertiary/aromatic N) is 3. The Morgan fingerprint density at radius 2 is 2.09 bits per heavy atom. The minimum atomic E-state index is -0.584. The molecule has 1 saturated carbocycles. The number of hydrogen-bond acceptors (Lipinski definition) is 5. The second-order valence-corrected chi connectivity index (χ2v) is 9.15. The highest BCUT2D eigenvalue weighted by Gasteiger charge is 2.32. The Morgan fingerprint density at radius 3 is 2.91 bits per heavy atom. The number of nitrogens with one attached hydrogen (secondary N) is 3. The maximum Gasteiger partial charge on any atom is 0.294 e. The van der Waals surface area contributed by atoms with Crippen LogP contribution in [0.15, 0.2) is 29.3 Å². The zero-order valence-corrected chi connectivity index (χ0v) is 18.6. The van der Waals surface area contributed by atoms with Crippen LogP contribution in [0.2, 0.25) is 5.15 Å². The van der Waals surface area contributed by atoms with E-state index in [4.69, 9.17) is 11.6 Å². The van der Waals surface area contributed by atoms with E-state index in [0.29, 0.717) is 42.7 Å². The van der Waals surface area contributed by atoms with Gasteiger partial charge in [0.25, 0.3) is 5.56 Å². The van der Waals surface area contributed by atoms with Crippen molar-refractivity contribution in [1.29, 1.82) is 0 Å². The summed E-state index contributed by atoms with van der Waals surface area (Å²) in [6.45, 7) is 1.06. The predicted octanol–water partition coefficient (Wildman–Crippen LogP) is 3.57. The number of halogens is 1. The number of aromatic amines is 1. The number of rotatable bonds is 6. The number of anilines is 1. The summed E-state index contributed by atoms with van der Waals surface area (Å²) in [6, 6.07) is 3.27. The van der Waals surface area contributed by atoms with Gasteiger partial charge in [-0.05, 0) is 43.7 Å². The smallest absolute Gasteiger partial charge is 0.294 e. The number of H-pyrrole nitrogens is 1. The lowest BCUT2D eigenvalue weighted by Gasteiger charge is -2.22. The Balaban J connectivity index is 1.30. The summed E-state index contributed by atoms with van der Waals surface area (Å²) in [6.07, 6.45) is 10.7. The molecule has 3 N–H and O–H groups in total. The second kappa shape index (κ2) is 8.94. The molecule has 1 atom stereocenters. The van der Waals surface area contributed by atoms with Crippen LogP contribution in [0.25, 0.3) is 10.9 Å². The molecule has 1 aliphatic carbocycles. The average Bonchev–Trinajstić information content (AvgIpc) is 3.44. The van der Waals surface area contributed by atoms with Crippen LogP contribution >= 0.6 is 11.6 Å². The van der Waals surface area contributed by atoms with Crippen molar-refractivity contribution in [3.05, 3.63) is 51.4 Å². The minimum Gasteiger partial charge on any atom is -0.365 e. The molecular weight excluding hydrogens is 428 g/mol. The van der Waals surface area contributed by atoms with Crippen molar-refractivity contribution >= 4 is 34.2 Å². The molecule has 4 heterocycles. The molecular formula is C23H27ClN6O2. The zero-order valence-electron chi connectivity index (χ0n) is 17.9. The van der Waals surface area contributed by atoms with Gasteiger partial charge in [-0.1, -0.05) is 30.9 Å². The number of pyridine rings is 1. The van der Waals surface area contributed by atoms with Crippen LogP contribution in [0.5, 0.6) is 0 Å². The van der Waals surface area contributed by atoms with E-state index in [2.05, 4.69) is 25.6 Å². The third-order valence-electron chi connectivity index (χ3n) is 6.64. The van der Waals surface area contributed by atoms with Crippen molar-refractivity contribution in [2.24, 2.45) is 5.92 Å². The van der Waals surface area contributed by atoms with Crippen molar-refractivity contribution in [2.75, 3.05) is 11.9 Å². The Hall–Kier alpha value is -2.87. The van der Waals surface area contributed by atoms with Crippen LogP contribution in [0, 0.1) is 5.92 Å². The van der Waals surface area contributed by atoms with E-state index in [0.717, 1.165) is 16.6 Å². The molecule has 2 aliphatic rings. The summed E-state index contributed by atoms with van der Waals surface area (Å²) in [4.78, 5) is 37.9. The average molecular weight is 455 g/mol. The van der Waals surface area contributed by atoms with Crippen molar-refractivity contribution in [3.8, 4) is 0 Å². The lowest BCUT2D eigenvalue weighted by molar-refractivity contribution is -0.124. The van der Waals surface area contributed by atoms with E-state index in [1.165, 1.54) is 36.7 Å². The number of aromatic nitrogens is 4. The third-order valence-corrected chi connectivity index (χ3v) is 6.94. The summed E-state index contributed by atoms with van der Waals surface area (Å²) in [5.41, 5.74) is 2.22. The molecule has 1 aliphatic heterocycles. The van der Waals surface area contributed by atoms with E-state index < -0.39 is 6.04 Å². The van der Waals surface area contributed by atoms with Gasteiger partial charge in [-0.25, -0.2) is 4.98 Å². The Morgan fingerprint density at radius 1 is 1.25 bits per heavy atom. The van der Waals surface area contributed by atoms with Gasteiger partial charge in [-0.15, -0.1) is 0 Å². The van der Waals surface area contributed by atoms with E-state index in [1.807, 2.05) is 12.1 Å². The fourth-order valence-corrected chi connectivity index (χ4v) is 5.20. The largest absolute Gasteiger partial charge is 0.365 e. The van der Waals surface area contributed by atoms with Gasteiger partial charge in [0.05, 0.1) is 12.2 Å². The predicted molar refractivity (Wildman–Crippen MR) is 124 cm³/mol. The third kappa shape index (κ3) is 4.11. The summed E-state index contributed by atoms with van der Waals surface area (Å²) in [7, 11) is 0. The first kappa shape index (κ1) is 21.0. The summed E-state index contributed by atoms with van der Waals surface area (Å²) in [5, 5.41) is 7.46. The van der Waals surface area contributed by atoms with Crippen molar-refractivity contribution in [2.45, 2.75) is 57.5 Å². The molecule has 5 rings (SSSR count). The lowest BCUT2D eigenvalue weighted by atomic mass is 9.89. The summed E-state index contributed by atoms with van der Waals surface area (Å²) in [5.74, 6) is 0.600. The fourth-order valence-electron chi connectivity index (χ4n) is 4.93. The molecule has 1 fully saturated rings. The molecule has 1 amide bonds. The number of fused-ring (bicyclic) bond motifs is 2. The standard InChI is InChI=1S/C23H27ClN6O2/c24-20-18-6-7-19(22(31)27-13-16-10-15-12-25-9-8-17(15)28-16)30(18)23(32)21(29-20)26-11-14-4-2-1-3-5-14/h8-10,12,14,19,28H,1-7,11,13H2,(H,26,29)(H,27,31)/t19-/m0/s1. The van der Waals surface area contributed by atoms with Crippen LogP contribution in [0.1, 0.15) is 56.0 Å². The van der Waals surface area contributed by atoms with Gasteiger partial charge >= 0.3 is 0 Å². The molecule has 3 aromatic rings. The molecule has 0 unspecified atom stereocenters. The highest BCUT2D eigenvalue weighted by Crippen LogP contribution is 2.29. The molecule has 0 spiro atoms. The van der Waals surface area contributed by atoms with Gasteiger partial charge in [0.2, 0.25) is 5.91 Å². The minimum absolute atomic E-state index is 0.192. The van der Waals surface area contributed by atoms with Gasteiger partial charge in [0.15, 0.2) is 11.0 Å². The Kier molecular flexibility index (Phi) is 5.87. The first-order valence-corrected chi connectivity index (χ1v) is 11.7. The van der Waals surface area contributed by atoms with Gasteiger partial charge < -0.3 is 15.6 Å². The van der Waals surface area contributed by atoms with E-state index in [-0.39, 0.29) is 17.3 Å². The molecule has 8 nitrogen and oxygen atoms in total. The maximum absolute atomic E-state index is 13.2. The molecule has 168 valence electrons. The molecule has 0 aromatic carbocycles. The molecule has 32 heavy (non-hydrogen) atoms. The summed E-state index contributed by atoms with van der Waals surface area (Å²) < 4.78 is 1.53. The van der Waals surface area contributed by atoms with Crippen LogP contribution < -0.4 is 16.2 Å². The first-order chi connectivity index (χ1) is 15.6. The lowest BCUT2D eigenvalue weighted by Crippen LogP contribution is -2.37. The van der Waals surface area contributed by atoms with E-state index in [9.17, 15) is 9.59 Å². The number of carbonyl (C=O) groups is 1. The number of amides is 1. The van der Waals surface area contributed by atoms with Gasteiger partial charge in [-0.2, -0.15) is 0 Å². The maximum atomic E-state index is 13.2. The monoisotopic (exact) mass is 454 g/mol. The van der Waals surface area contributed by atoms with E-state index in [1.54, 1.807) is 12.4 Å². The Labute approximate surface area is 190 Å². The molecule has 0 radical (unpaired) electrons. The van der Waals surface area contributed by atoms with Crippen molar-refractivity contribution in [1.82, 2.24) is 24.8 Å². The zero-order chi connectivity index (χ0) is 22.1. The van der Waals surface area contributed by atoms with Crippen LogP contribution in [0.4, 0.5) is 5.82 Å². The van der Waals surface area contributed by atoms with Crippen LogP contribution in [0.3, 0.4) is 0 Å². The van der Waals surface area contributed by atoms with Crippen molar-refractivity contribution < 1.29 is 4.79 Å². The SMILES string of the molecule is O=C(NCc1cc2cnccc2[nH]1)[C@@H]1CCc2c(Cl)nc(NCC3CCCCC3)c(=O)n21. The highest BCUT2D eigenvalue weighted by molar-refractivity contribution is 6.30. The molecule has 9 heteroatoms. The van der Waals surface area contributed by atoms with E-state index >= 15 is 0 Å². The van der Waals surface area contributed by atoms with Crippen LogP contribution in [-0.2, 0) is 17.8 Å². The normalized spacial score (nSPS) is 18.6. The topological polar surface area (TPSA) is 105 Å². The molecule has 0 saturated heterocycles. The molecule has 0 bridgehead atoms. The first-order valence-electron chi connectivity index (χ1n) is 11.3. The van der Waals surface area contributed by atoms with Crippen LogP contribution in [-0.4, -0.2) is 32.0 Å². The van der Waals surface area contributed by atoms with Crippen molar-refractivity contribution in [3.63, 3.8) is 0 Å².